The Morgan fingerprint density at radius 1 is 1.26 bits per heavy atom. The summed E-state index contributed by atoms with van der Waals surface area (Å²) in [6.07, 6.45) is 3.33. The van der Waals surface area contributed by atoms with Crippen LogP contribution in [0.4, 0.5) is 14.6 Å². The van der Waals surface area contributed by atoms with E-state index in [1.54, 1.807) is 18.3 Å². The molecule has 0 radical (unpaired) electrons. The number of amides is 1. The van der Waals surface area contributed by atoms with Gasteiger partial charge in [-0.05, 0) is 50.0 Å². The lowest BCUT2D eigenvalue weighted by molar-refractivity contribution is -0.120. The van der Waals surface area contributed by atoms with Crippen molar-refractivity contribution in [3.63, 3.8) is 0 Å². The molecule has 1 aromatic carbocycles. The Kier molecular flexibility index (Phi) is 6.50. The van der Waals surface area contributed by atoms with Crippen LogP contribution in [-0.2, 0) is 11.2 Å². The van der Waals surface area contributed by atoms with Crippen LogP contribution >= 0.6 is 0 Å². The molecule has 0 spiro atoms. The molecule has 0 aliphatic carbocycles. The summed E-state index contributed by atoms with van der Waals surface area (Å²) < 4.78 is 38.6. The number of rotatable bonds is 6. The number of benzene rings is 1. The molecule has 4 rings (SSSR count). The number of ether oxygens (including phenoxy) is 2. The number of nitrogen functional groups attached to an aromatic ring is 1. The summed E-state index contributed by atoms with van der Waals surface area (Å²) in [6.45, 7) is 3.18. The zero-order valence-electron chi connectivity index (χ0n) is 17.2. The van der Waals surface area contributed by atoms with Gasteiger partial charge < -0.3 is 20.5 Å². The van der Waals surface area contributed by atoms with E-state index in [9.17, 15) is 13.6 Å². The number of nitrogens with one attached hydrogen (secondary N) is 1. The van der Waals surface area contributed by atoms with Gasteiger partial charge in [0.25, 0.3) is 0 Å². The van der Waals surface area contributed by atoms with Crippen LogP contribution in [-0.4, -0.2) is 54.7 Å². The van der Waals surface area contributed by atoms with Gasteiger partial charge in [-0.25, -0.2) is 9.37 Å². The number of halogens is 2. The maximum atomic E-state index is 14.0. The monoisotopic (exact) mass is 432 g/mol. The lowest BCUT2D eigenvalue weighted by Gasteiger charge is -2.35. The lowest BCUT2D eigenvalue weighted by Crippen LogP contribution is -2.45. The second kappa shape index (κ2) is 9.47. The van der Waals surface area contributed by atoms with Gasteiger partial charge in [0, 0.05) is 24.8 Å². The average Bonchev–Trinajstić information content (AvgIpc) is 2.78. The first kappa shape index (κ1) is 21.3. The molecule has 166 valence electrons. The van der Waals surface area contributed by atoms with Crippen molar-refractivity contribution < 1.29 is 23.0 Å². The number of anilines is 1. The normalized spacial score (nSPS) is 19.2. The summed E-state index contributed by atoms with van der Waals surface area (Å²) in [5.74, 6) is -1.17. The topological polar surface area (TPSA) is 89.7 Å². The molecule has 2 aliphatic rings. The van der Waals surface area contributed by atoms with Crippen molar-refractivity contribution in [2.45, 2.75) is 25.4 Å². The zero-order chi connectivity index (χ0) is 21.8. The predicted octanol–water partition coefficient (Wildman–Crippen LogP) is 2.15. The largest absolute Gasteiger partial charge is 0.486 e. The molecule has 1 fully saturated rings. The van der Waals surface area contributed by atoms with E-state index >= 15 is 0 Å². The van der Waals surface area contributed by atoms with E-state index in [1.165, 1.54) is 6.07 Å². The Labute approximate surface area is 179 Å². The minimum atomic E-state index is -1.01. The highest BCUT2D eigenvalue weighted by atomic mass is 19.2. The Balaban J connectivity index is 1.19. The fraction of sp³-hybridized carbons (Fsp3) is 0.455. The number of aromatic nitrogens is 1. The molecule has 0 bridgehead atoms. The number of piperidine rings is 1. The Hall–Kier alpha value is -2.94. The van der Waals surface area contributed by atoms with Crippen molar-refractivity contribution >= 4 is 11.7 Å². The molecule has 2 aromatic rings. The molecule has 31 heavy (non-hydrogen) atoms. The summed E-state index contributed by atoms with van der Waals surface area (Å²) in [5, 5.41) is 2.98. The van der Waals surface area contributed by atoms with Gasteiger partial charge in [0.1, 0.15) is 18.5 Å². The number of hydrogen-bond donors (Lipinski definition) is 2. The van der Waals surface area contributed by atoms with E-state index in [-0.39, 0.29) is 29.9 Å². The minimum absolute atomic E-state index is 0.0668. The van der Waals surface area contributed by atoms with Gasteiger partial charge in [-0.15, -0.1) is 0 Å². The second-order valence-corrected chi connectivity index (χ2v) is 8.01. The van der Waals surface area contributed by atoms with Crippen LogP contribution in [0.5, 0.6) is 11.5 Å². The molecule has 1 atom stereocenters. The van der Waals surface area contributed by atoms with Gasteiger partial charge in [-0.2, -0.15) is 4.39 Å². The third-order valence-electron chi connectivity index (χ3n) is 5.76. The first-order chi connectivity index (χ1) is 15.0. The lowest BCUT2D eigenvalue weighted by atomic mass is 9.96. The molecule has 1 aromatic heterocycles. The van der Waals surface area contributed by atoms with Gasteiger partial charge in [0.2, 0.25) is 17.5 Å². The Morgan fingerprint density at radius 3 is 2.84 bits per heavy atom. The highest BCUT2D eigenvalue weighted by Crippen LogP contribution is 2.35. The number of pyridine rings is 1. The molecule has 2 aliphatic heterocycles. The molecular weight excluding hydrogens is 406 g/mol. The molecule has 9 heteroatoms. The van der Waals surface area contributed by atoms with Crippen molar-refractivity contribution in [1.29, 1.82) is 0 Å². The third kappa shape index (κ3) is 5.22. The quantitative estimate of drug-likeness (QED) is 0.727. The van der Waals surface area contributed by atoms with Crippen LogP contribution in [0.25, 0.3) is 0 Å². The predicted molar refractivity (Wildman–Crippen MR) is 111 cm³/mol. The van der Waals surface area contributed by atoms with Gasteiger partial charge in [0.05, 0.1) is 6.42 Å². The number of hydrogen-bond acceptors (Lipinski definition) is 6. The van der Waals surface area contributed by atoms with Gasteiger partial charge >= 0.3 is 0 Å². The van der Waals surface area contributed by atoms with Gasteiger partial charge in [-0.3, -0.25) is 9.69 Å². The molecule has 0 saturated carbocycles. The van der Waals surface area contributed by atoms with Crippen molar-refractivity contribution in [1.82, 2.24) is 15.2 Å². The van der Waals surface area contributed by atoms with Crippen LogP contribution in [0.15, 0.2) is 30.5 Å². The van der Waals surface area contributed by atoms with Crippen molar-refractivity contribution in [3.05, 3.63) is 47.7 Å². The smallest absolute Gasteiger partial charge is 0.224 e. The first-order valence-corrected chi connectivity index (χ1v) is 10.5. The zero-order valence-corrected chi connectivity index (χ0v) is 17.2. The van der Waals surface area contributed by atoms with Crippen LogP contribution in [0.1, 0.15) is 18.4 Å². The summed E-state index contributed by atoms with van der Waals surface area (Å²) in [5.41, 5.74) is 6.51. The number of likely N-dealkylation sites (tertiary alicyclic amines) is 1. The van der Waals surface area contributed by atoms with Crippen LogP contribution in [0.3, 0.4) is 0 Å². The third-order valence-corrected chi connectivity index (χ3v) is 5.76. The summed E-state index contributed by atoms with van der Waals surface area (Å²) >= 11 is 0. The van der Waals surface area contributed by atoms with Crippen LogP contribution in [0.2, 0.25) is 0 Å². The Bertz CT molecular complexity index is 935. The van der Waals surface area contributed by atoms with Crippen LogP contribution < -0.4 is 20.5 Å². The van der Waals surface area contributed by atoms with Crippen molar-refractivity contribution in [2.75, 3.05) is 38.5 Å². The fourth-order valence-electron chi connectivity index (χ4n) is 3.97. The van der Waals surface area contributed by atoms with E-state index in [0.717, 1.165) is 37.6 Å². The van der Waals surface area contributed by atoms with Crippen molar-refractivity contribution in [3.8, 4) is 11.5 Å². The standard InChI is InChI=1S/C22H26F2N4O3/c23-17-3-4-18-21(20(17)24)31-16(13-30-18)12-28-8-5-14(6-9-28)11-27-19(29)10-15-2-1-7-26-22(15)25/h1-4,7,14,16H,5-6,8-13H2,(H2,25,26)(H,27,29). The van der Waals surface area contributed by atoms with E-state index in [2.05, 4.69) is 15.2 Å². The molecule has 3 heterocycles. The van der Waals surface area contributed by atoms with E-state index in [1.807, 2.05) is 0 Å². The van der Waals surface area contributed by atoms with E-state index in [4.69, 9.17) is 15.2 Å². The summed E-state index contributed by atoms with van der Waals surface area (Å²) in [6, 6.07) is 5.98. The van der Waals surface area contributed by atoms with Crippen molar-refractivity contribution in [2.24, 2.45) is 5.92 Å². The minimum Gasteiger partial charge on any atom is -0.486 e. The molecule has 1 saturated heterocycles. The first-order valence-electron chi connectivity index (χ1n) is 10.5. The molecular formula is C22H26F2N4O3. The highest BCUT2D eigenvalue weighted by molar-refractivity contribution is 5.79. The molecule has 3 N–H and O–H groups in total. The Morgan fingerprint density at radius 2 is 2.06 bits per heavy atom. The van der Waals surface area contributed by atoms with Gasteiger partial charge in [-0.1, -0.05) is 6.07 Å². The summed E-state index contributed by atoms with van der Waals surface area (Å²) in [7, 11) is 0. The van der Waals surface area contributed by atoms with Crippen LogP contribution in [0, 0.1) is 17.6 Å². The molecule has 1 unspecified atom stereocenters. The number of carbonyl (C=O) groups excluding carboxylic acids is 1. The van der Waals surface area contributed by atoms with E-state index < -0.39 is 11.6 Å². The van der Waals surface area contributed by atoms with Gasteiger partial charge in [0.15, 0.2) is 11.6 Å². The SMILES string of the molecule is Nc1ncccc1CC(=O)NCC1CCN(CC2COc3ccc(F)c(F)c3O2)CC1. The van der Waals surface area contributed by atoms with E-state index in [0.29, 0.717) is 31.4 Å². The average molecular weight is 432 g/mol. The maximum Gasteiger partial charge on any atom is 0.224 e. The second-order valence-electron chi connectivity index (χ2n) is 8.01. The molecule has 7 nitrogen and oxygen atoms in total. The number of nitrogens with two attached hydrogens (primary N) is 1. The fourth-order valence-corrected chi connectivity index (χ4v) is 3.97. The number of fused-ring (bicyclic) bond motifs is 1. The highest BCUT2D eigenvalue weighted by Gasteiger charge is 2.29. The molecule has 1 amide bonds. The maximum absolute atomic E-state index is 14.0. The number of carbonyl (C=O) groups is 1. The number of nitrogens with zero attached hydrogens (tertiary/aromatic N) is 2. The summed E-state index contributed by atoms with van der Waals surface area (Å²) in [4.78, 5) is 18.4.